The van der Waals surface area contributed by atoms with E-state index < -0.39 is 12.6 Å². The van der Waals surface area contributed by atoms with Crippen molar-refractivity contribution in [1.82, 2.24) is 0 Å². The molecule has 1 aliphatic heterocycles. The van der Waals surface area contributed by atoms with E-state index >= 15 is 0 Å². The SMILES string of the molecule is Cc1cc2c(cc1C(=O)c1ccccc1Br)OC(OC(=O)O)O2. The first-order chi connectivity index (χ1) is 11.0. The summed E-state index contributed by atoms with van der Waals surface area (Å²) in [5.41, 5.74) is 1.65. The van der Waals surface area contributed by atoms with Crippen molar-refractivity contribution in [2.75, 3.05) is 0 Å². The van der Waals surface area contributed by atoms with E-state index in [-0.39, 0.29) is 11.5 Å². The van der Waals surface area contributed by atoms with Gasteiger partial charge in [0.1, 0.15) is 0 Å². The van der Waals surface area contributed by atoms with E-state index in [1.54, 1.807) is 31.2 Å². The number of fused-ring (bicyclic) bond motifs is 1. The molecule has 2 aromatic carbocycles. The van der Waals surface area contributed by atoms with Gasteiger partial charge in [-0.1, -0.05) is 28.1 Å². The van der Waals surface area contributed by atoms with Crippen molar-refractivity contribution in [2.45, 2.75) is 13.4 Å². The molecule has 0 aromatic heterocycles. The molecule has 0 saturated carbocycles. The van der Waals surface area contributed by atoms with Crippen molar-refractivity contribution < 1.29 is 28.9 Å². The van der Waals surface area contributed by atoms with Crippen molar-refractivity contribution in [1.29, 1.82) is 0 Å². The van der Waals surface area contributed by atoms with Crippen LogP contribution in [0.3, 0.4) is 0 Å². The second-order valence-corrected chi connectivity index (χ2v) is 5.69. The number of carbonyl (C=O) groups is 2. The predicted octanol–water partition coefficient (Wildman–Crippen LogP) is 3.74. The van der Waals surface area contributed by atoms with Crippen LogP contribution in [0.4, 0.5) is 4.79 Å². The summed E-state index contributed by atoms with van der Waals surface area (Å²) in [6, 6.07) is 10.2. The summed E-state index contributed by atoms with van der Waals surface area (Å²) in [7, 11) is 0. The molecular weight excluding hydrogens is 368 g/mol. The van der Waals surface area contributed by atoms with E-state index in [9.17, 15) is 9.59 Å². The second kappa shape index (κ2) is 5.92. The van der Waals surface area contributed by atoms with Gasteiger partial charge in [-0.3, -0.25) is 4.79 Å². The fraction of sp³-hybridized carbons (Fsp3) is 0.125. The molecular formula is C16H11BrO6. The minimum atomic E-state index is -1.51. The van der Waals surface area contributed by atoms with Crippen LogP contribution in [-0.2, 0) is 4.74 Å². The molecule has 6 nitrogen and oxygen atoms in total. The van der Waals surface area contributed by atoms with E-state index in [2.05, 4.69) is 20.7 Å². The molecule has 0 aliphatic carbocycles. The highest BCUT2D eigenvalue weighted by Crippen LogP contribution is 2.38. The Morgan fingerprint density at radius 3 is 2.43 bits per heavy atom. The van der Waals surface area contributed by atoms with Gasteiger partial charge in [-0.15, -0.1) is 0 Å². The van der Waals surface area contributed by atoms with Crippen LogP contribution >= 0.6 is 15.9 Å². The lowest BCUT2D eigenvalue weighted by Gasteiger charge is -2.08. The molecule has 3 rings (SSSR count). The first-order valence-electron chi connectivity index (χ1n) is 6.62. The average Bonchev–Trinajstić information content (AvgIpc) is 2.86. The first kappa shape index (κ1) is 15.4. The number of carboxylic acid groups (broad SMARTS) is 1. The third kappa shape index (κ3) is 3.00. The number of benzene rings is 2. The van der Waals surface area contributed by atoms with Gasteiger partial charge >= 0.3 is 12.6 Å². The van der Waals surface area contributed by atoms with Gasteiger partial charge in [0.05, 0.1) is 0 Å². The number of rotatable bonds is 3. The zero-order valence-electron chi connectivity index (χ0n) is 11.9. The van der Waals surface area contributed by atoms with Gasteiger partial charge in [0.15, 0.2) is 17.3 Å². The molecule has 2 aromatic rings. The van der Waals surface area contributed by atoms with E-state index in [1.807, 2.05) is 6.07 Å². The summed E-state index contributed by atoms with van der Waals surface area (Å²) < 4.78 is 15.6. The van der Waals surface area contributed by atoms with Crippen LogP contribution in [0, 0.1) is 6.92 Å². The number of hydrogen-bond donors (Lipinski definition) is 1. The number of carbonyl (C=O) groups excluding carboxylic acids is 1. The molecule has 7 heteroatoms. The maximum Gasteiger partial charge on any atom is 0.511 e. The summed E-state index contributed by atoms with van der Waals surface area (Å²) in [6.45, 7) is 0.398. The molecule has 1 unspecified atom stereocenters. The highest BCUT2D eigenvalue weighted by molar-refractivity contribution is 9.10. The molecule has 23 heavy (non-hydrogen) atoms. The largest absolute Gasteiger partial charge is 0.511 e. The molecule has 1 heterocycles. The second-order valence-electron chi connectivity index (χ2n) is 4.83. The topological polar surface area (TPSA) is 82.1 Å². The van der Waals surface area contributed by atoms with Crippen molar-refractivity contribution in [2.24, 2.45) is 0 Å². The Bertz CT molecular complexity index is 801. The maximum absolute atomic E-state index is 12.7. The predicted molar refractivity (Wildman–Crippen MR) is 82.9 cm³/mol. The lowest BCUT2D eigenvalue weighted by atomic mass is 9.98. The minimum absolute atomic E-state index is 0.177. The van der Waals surface area contributed by atoms with E-state index in [4.69, 9.17) is 14.6 Å². The highest BCUT2D eigenvalue weighted by atomic mass is 79.9. The van der Waals surface area contributed by atoms with E-state index in [0.29, 0.717) is 26.9 Å². The number of halogens is 1. The Morgan fingerprint density at radius 1 is 1.13 bits per heavy atom. The number of ether oxygens (including phenoxy) is 3. The molecule has 118 valence electrons. The Hall–Kier alpha value is -2.54. The third-order valence-corrected chi connectivity index (χ3v) is 3.99. The maximum atomic E-state index is 12.7. The lowest BCUT2D eigenvalue weighted by Crippen LogP contribution is -2.24. The molecule has 0 amide bonds. The summed E-state index contributed by atoms with van der Waals surface area (Å²) in [4.78, 5) is 23.2. The molecule has 1 atom stereocenters. The smallest absolute Gasteiger partial charge is 0.450 e. The summed E-state index contributed by atoms with van der Waals surface area (Å²) in [5, 5.41) is 8.59. The summed E-state index contributed by atoms with van der Waals surface area (Å²) in [6.07, 6.45) is -1.51. The zero-order valence-corrected chi connectivity index (χ0v) is 13.5. The van der Waals surface area contributed by atoms with Crippen LogP contribution in [0.5, 0.6) is 11.5 Å². The number of ketones is 1. The van der Waals surface area contributed by atoms with Crippen LogP contribution in [0.1, 0.15) is 21.5 Å². The van der Waals surface area contributed by atoms with E-state index in [0.717, 1.165) is 0 Å². The molecule has 0 fully saturated rings. The molecule has 1 aliphatic rings. The average molecular weight is 379 g/mol. The molecule has 0 bridgehead atoms. The third-order valence-electron chi connectivity index (χ3n) is 3.30. The standard InChI is InChI=1S/C16H11BrO6/c1-8-6-12-13(22-16(21-12)23-15(19)20)7-10(8)14(18)9-4-2-3-5-11(9)17/h2-7,16H,1H3,(H,19,20). The van der Waals surface area contributed by atoms with Crippen molar-refractivity contribution in [3.8, 4) is 11.5 Å². The van der Waals surface area contributed by atoms with Gasteiger partial charge in [-0.05, 0) is 36.8 Å². The molecule has 0 spiro atoms. The lowest BCUT2D eigenvalue weighted by molar-refractivity contribution is -0.147. The van der Waals surface area contributed by atoms with Crippen LogP contribution in [-0.4, -0.2) is 23.5 Å². The zero-order chi connectivity index (χ0) is 16.6. The Balaban J connectivity index is 1.93. The molecule has 0 radical (unpaired) electrons. The van der Waals surface area contributed by atoms with Gasteiger partial charge in [-0.25, -0.2) is 4.79 Å². The van der Waals surface area contributed by atoms with Gasteiger partial charge in [0.25, 0.3) is 0 Å². The van der Waals surface area contributed by atoms with Crippen molar-refractivity contribution in [3.05, 3.63) is 57.6 Å². The van der Waals surface area contributed by atoms with Gasteiger partial charge in [0.2, 0.25) is 0 Å². The van der Waals surface area contributed by atoms with Crippen LogP contribution in [0.15, 0.2) is 40.9 Å². The summed E-state index contributed by atoms with van der Waals surface area (Å²) >= 11 is 3.36. The van der Waals surface area contributed by atoms with Gasteiger partial charge in [0, 0.05) is 15.6 Å². The van der Waals surface area contributed by atoms with Crippen LogP contribution in [0.25, 0.3) is 0 Å². The minimum Gasteiger partial charge on any atom is -0.450 e. The van der Waals surface area contributed by atoms with Crippen LogP contribution < -0.4 is 9.47 Å². The van der Waals surface area contributed by atoms with Crippen LogP contribution in [0.2, 0.25) is 0 Å². The summed E-state index contributed by atoms with van der Waals surface area (Å²) in [5.74, 6) is 0.415. The van der Waals surface area contributed by atoms with Gasteiger partial charge in [-0.2, -0.15) is 0 Å². The normalized spacial score (nSPS) is 15.3. The fourth-order valence-corrected chi connectivity index (χ4v) is 2.71. The monoisotopic (exact) mass is 378 g/mol. The Morgan fingerprint density at radius 2 is 1.78 bits per heavy atom. The Kier molecular flexibility index (Phi) is 3.96. The quantitative estimate of drug-likeness (QED) is 0.646. The Labute approximate surface area is 139 Å². The fourth-order valence-electron chi connectivity index (χ4n) is 2.24. The number of aryl methyl sites for hydroxylation is 1. The first-order valence-corrected chi connectivity index (χ1v) is 7.42. The molecule has 0 saturated heterocycles. The van der Waals surface area contributed by atoms with Crippen molar-refractivity contribution >= 4 is 27.9 Å². The highest BCUT2D eigenvalue weighted by Gasteiger charge is 2.29. The van der Waals surface area contributed by atoms with E-state index in [1.165, 1.54) is 6.07 Å². The number of hydrogen-bond acceptors (Lipinski definition) is 5. The van der Waals surface area contributed by atoms with Gasteiger partial charge < -0.3 is 19.3 Å². The van der Waals surface area contributed by atoms with Crippen molar-refractivity contribution in [3.63, 3.8) is 0 Å². The molecule has 1 N–H and O–H groups in total.